The molecule has 0 saturated heterocycles. The molecule has 5 nitrogen and oxygen atoms in total. The molecule has 0 radical (unpaired) electrons. The summed E-state index contributed by atoms with van der Waals surface area (Å²) in [5.74, 6) is -0.653. The van der Waals surface area contributed by atoms with Gasteiger partial charge in [0.1, 0.15) is 10.7 Å². The van der Waals surface area contributed by atoms with Crippen molar-refractivity contribution in [2.24, 2.45) is 5.73 Å². The highest BCUT2D eigenvalue weighted by Crippen LogP contribution is 2.24. The second kappa shape index (κ2) is 7.27. The summed E-state index contributed by atoms with van der Waals surface area (Å²) in [6.07, 6.45) is 0.181. The molecule has 6 heteroatoms. The molecule has 0 atom stereocenters. The normalized spacial score (nSPS) is 10.4. The molecule has 1 aromatic heterocycles. The molecule has 1 heterocycles. The van der Waals surface area contributed by atoms with Crippen LogP contribution in [0.2, 0.25) is 0 Å². The number of rotatable bonds is 5. The van der Waals surface area contributed by atoms with Crippen molar-refractivity contribution >= 4 is 28.8 Å². The van der Waals surface area contributed by atoms with E-state index in [9.17, 15) is 9.59 Å². The molecule has 0 aliphatic rings. The van der Waals surface area contributed by atoms with E-state index in [1.807, 2.05) is 31.2 Å². The maximum atomic E-state index is 12.3. The number of carbonyl (C=O) groups excluding carboxylic acids is 2. The first-order valence-electron chi connectivity index (χ1n) is 7.72. The maximum Gasteiger partial charge on any atom is 0.275 e. The van der Waals surface area contributed by atoms with E-state index in [0.717, 1.165) is 16.1 Å². The molecule has 0 spiro atoms. The third-order valence-corrected chi connectivity index (χ3v) is 4.52. The van der Waals surface area contributed by atoms with E-state index in [0.29, 0.717) is 11.4 Å². The second-order valence-corrected chi connectivity index (χ2v) is 6.56. The van der Waals surface area contributed by atoms with Crippen molar-refractivity contribution in [1.82, 2.24) is 4.98 Å². The standard InChI is InChI=1S/C19H17N3O2S/c1-12-2-6-14(7-3-12)19-22-16(11-25-19)18(24)21-15-8-4-13(5-9-15)10-17(20)23/h2-9,11H,10H2,1H3,(H2,20,23)(H,21,24). The lowest BCUT2D eigenvalue weighted by Gasteiger charge is -2.04. The zero-order chi connectivity index (χ0) is 17.8. The van der Waals surface area contributed by atoms with Crippen molar-refractivity contribution in [2.45, 2.75) is 13.3 Å². The van der Waals surface area contributed by atoms with E-state index in [1.165, 1.54) is 16.9 Å². The van der Waals surface area contributed by atoms with Crippen molar-refractivity contribution in [3.8, 4) is 10.6 Å². The summed E-state index contributed by atoms with van der Waals surface area (Å²) in [6, 6.07) is 15.0. The van der Waals surface area contributed by atoms with Crippen molar-refractivity contribution in [1.29, 1.82) is 0 Å². The van der Waals surface area contributed by atoms with Crippen LogP contribution >= 0.6 is 11.3 Å². The van der Waals surface area contributed by atoms with Gasteiger partial charge in [-0.3, -0.25) is 9.59 Å². The van der Waals surface area contributed by atoms with Gasteiger partial charge in [0.05, 0.1) is 6.42 Å². The largest absolute Gasteiger partial charge is 0.369 e. The number of nitrogens with one attached hydrogen (secondary N) is 1. The molecule has 0 fully saturated rings. The zero-order valence-corrected chi connectivity index (χ0v) is 14.5. The number of benzene rings is 2. The Morgan fingerprint density at radius 1 is 1.08 bits per heavy atom. The Kier molecular flexibility index (Phi) is 4.90. The van der Waals surface area contributed by atoms with Gasteiger partial charge in [-0.15, -0.1) is 11.3 Å². The van der Waals surface area contributed by atoms with E-state index in [2.05, 4.69) is 10.3 Å². The third-order valence-electron chi connectivity index (χ3n) is 3.63. The van der Waals surface area contributed by atoms with Gasteiger partial charge in [-0.05, 0) is 24.6 Å². The predicted molar refractivity (Wildman–Crippen MR) is 99.6 cm³/mol. The average Bonchev–Trinajstić information content (AvgIpc) is 3.07. The minimum Gasteiger partial charge on any atom is -0.369 e. The lowest BCUT2D eigenvalue weighted by atomic mass is 10.1. The van der Waals surface area contributed by atoms with Crippen LogP contribution in [0.15, 0.2) is 53.9 Å². The molecule has 0 saturated carbocycles. The Morgan fingerprint density at radius 3 is 2.40 bits per heavy atom. The predicted octanol–water partition coefficient (Wildman–Crippen LogP) is 3.40. The summed E-state index contributed by atoms with van der Waals surface area (Å²) in [5, 5.41) is 5.35. The van der Waals surface area contributed by atoms with E-state index in [1.54, 1.807) is 29.6 Å². The van der Waals surface area contributed by atoms with Crippen LogP contribution in [0.3, 0.4) is 0 Å². The Labute approximate surface area is 149 Å². The molecule has 25 heavy (non-hydrogen) atoms. The minimum absolute atomic E-state index is 0.181. The molecule has 3 aromatic rings. The Hall–Kier alpha value is -2.99. The number of hydrogen-bond donors (Lipinski definition) is 2. The summed E-state index contributed by atoms with van der Waals surface area (Å²) >= 11 is 1.43. The van der Waals surface area contributed by atoms with Gasteiger partial charge in [0.2, 0.25) is 5.91 Å². The van der Waals surface area contributed by atoms with Gasteiger partial charge in [-0.1, -0.05) is 42.0 Å². The van der Waals surface area contributed by atoms with Gasteiger partial charge in [0, 0.05) is 16.6 Å². The maximum absolute atomic E-state index is 12.3. The van der Waals surface area contributed by atoms with Gasteiger partial charge < -0.3 is 11.1 Å². The van der Waals surface area contributed by atoms with Crippen LogP contribution in [0.4, 0.5) is 5.69 Å². The number of amides is 2. The molecular formula is C19H17N3O2S. The van der Waals surface area contributed by atoms with Crippen molar-refractivity contribution < 1.29 is 9.59 Å². The van der Waals surface area contributed by atoms with E-state index in [4.69, 9.17) is 5.73 Å². The fraction of sp³-hybridized carbons (Fsp3) is 0.105. The molecule has 2 aromatic carbocycles. The fourth-order valence-electron chi connectivity index (χ4n) is 2.31. The van der Waals surface area contributed by atoms with Crippen LogP contribution < -0.4 is 11.1 Å². The van der Waals surface area contributed by atoms with Gasteiger partial charge in [-0.2, -0.15) is 0 Å². The van der Waals surface area contributed by atoms with Gasteiger partial charge in [0.15, 0.2) is 0 Å². The Morgan fingerprint density at radius 2 is 1.76 bits per heavy atom. The third kappa shape index (κ3) is 4.30. The molecular weight excluding hydrogens is 334 g/mol. The van der Waals surface area contributed by atoms with Crippen LogP contribution in [0.1, 0.15) is 21.6 Å². The minimum atomic E-state index is -0.386. The van der Waals surface area contributed by atoms with E-state index in [-0.39, 0.29) is 18.2 Å². The first-order valence-corrected chi connectivity index (χ1v) is 8.60. The molecule has 3 N–H and O–H groups in total. The van der Waals surface area contributed by atoms with Gasteiger partial charge in [0.25, 0.3) is 5.91 Å². The average molecular weight is 351 g/mol. The SMILES string of the molecule is Cc1ccc(-c2nc(C(=O)Nc3ccc(CC(N)=O)cc3)cs2)cc1. The van der Waals surface area contributed by atoms with Crippen molar-refractivity contribution in [3.63, 3.8) is 0 Å². The van der Waals surface area contributed by atoms with Crippen LogP contribution in [-0.4, -0.2) is 16.8 Å². The van der Waals surface area contributed by atoms with Crippen molar-refractivity contribution in [3.05, 3.63) is 70.7 Å². The van der Waals surface area contributed by atoms with Crippen LogP contribution in [0.25, 0.3) is 10.6 Å². The quantitative estimate of drug-likeness (QED) is 0.739. The lowest BCUT2D eigenvalue weighted by Crippen LogP contribution is -2.14. The Balaban J connectivity index is 1.69. The van der Waals surface area contributed by atoms with Crippen LogP contribution in [-0.2, 0) is 11.2 Å². The number of anilines is 1. The van der Waals surface area contributed by atoms with Gasteiger partial charge >= 0.3 is 0 Å². The van der Waals surface area contributed by atoms with Gasteiger partial charge in [-0.25, -0.2) is 4.98 Å². The highest BCUT2D eigenvalue weighted by atomic mass is 32.1. The molecule has 0 unspecified atom stereocenters. The first kappa shape index (κ1) is 16.9. The first-order chi connectivity index (χ1) is 12.0. The monoisotopic (exact) mass is 351 g/mol. The fourth-order valence-corrected chi connectivity index (χ4v) is 3.12. The summed E-state index contributed by atoms with van der Waals surface area (Å²) in [7, 11) is 0. The summed E-state index contributed by atoms with van der Waals surface area (Å²) in [6.45, 7) is 2.03. The highest BCUT2D eigenvalue weighted by molar-refractivity contribution is 7.13. The van der Waals surface area contributed by atoms with Crippen LogP contribution in [0, 0.1) is 6.92 Å². The lowest BCUT2D eigenvalue weighted by molar-refractivity contribution is -0.117. The molecule has 0 bridgehead atoms. The smallest absolute Gasteiger partial charge is 0.275 e. The molecule has 0 aliphatic heterocycles. The van der Waals surface area contributed by atoms with Crippen molar-refractivity contribution in [2.75, 3.05) is 5.32 Å². The second-order valence-electron chi connectivity index (χ2n) is 5.70. The zero-order valence-electron chi connectivity index (χ0n) is 13.7. The molecule has 2 amide bonds. The number of primary amides is 1. The molecule has 3 rings (SSSR count). The number of thiazole rings is 1. The Bertz CT molecular complexity index is 899. The molecule has 0 aliphatic carbocycles. The molecule has 126 valence electrons. The number of aromatic nitrogens is 1. The van der Waals surface area contributed by atoms with E-state index < -0.39 is 0 Å². The summed E-state index contributed by atoms with van der Waals surface area (Å²) in [4.78, 5) is 27.6. The topological polar surface area (TPSA) is 85.1 Å². The number of hydrogen-bond acceptors (Lipinski definition) is 4. The highest BCUT2D eigenvalue weighted by Gasteiger charge is 2.12. The van der Waals surface area contributed by atoms with Crippen LogP contribution in [0.5, 0.6) is 0 Å². The number of aryl methyl sites for hydroxylation is 1. The summed E-state index contributed by atoms with van der Waals surface area (Å²) < 4.78 is 0. The number of nitrogens with two attached hydrogens (primary N) is 1. The summed E-state index contributed by atoms with van der Waals surface area (Å²) in [5.41, 5.74) is 9.16. The number of nitrogens with zero attached hydrogens (tertiary/aromatic N) is 1. The number of carbonyl (C=O) groups is 2. The van der Waals surface area contributed by atoms with E-state index >= 15 is 0 Å².